The molecule has 1 unspecified atom stereocenters. The maximum atomic E-state index is 13.0. The van der Waals surface area contributed by atoms with Gasteiger partial charge < -0.3 is 25.0 Å². The Bertz CT molecular complexity index is 653. The molecular weight excluding hydrogens is 374 g/mol. The number of carbonyl (C=O) groups excluding carboxylic acids is 3. The Hall–Kier alpha value is -2.45. The zero-order chi connectivity index (χ0) is 20.9. The van der Waals surface area contributed by atoms with E-state index >= 15 is 0 Å². The molecule has 160 valence electrons. The van der Waals surface area contributed by atoms with Crippen LogP contribution in [0.4, 0.5) is 0 Å². The number of amides is 3. The topological polar surface area (TPSA) is 97.0 Å². The standard InChI is InChI=1S/C21H31N3O5/c1-28-12-13-29-16-20(26)23-15-21(27)24-11-7-3-6-10-22-19(25)14-18(24)17-8-4-2-5-9-17/h2,4-5,8-9,18H,3,6-7,10-16H2,1H3,(H,22,25)(H,23,26). The van der Waals surface area contributed by atoms with E-state index in [-0.39, 0.29) is 43.3 Å². The maximum Gasteiger partial charge on any atom is 0.246 e. The van der Waals surface area contributed by atoms with Crippen LogP contribution in [0.5, 0.6) is 0 Å². The van der Waals surface area contributed by atoms with Crippen molar-refractivity contribution in [1.82, 2.24) is 15.5 Å². The van der Waals surface area contributed by atoms with E-state index in [1.54, 1.807) is 12.0 Å². The molecule has 29 heavy (non-hydrogen) atoms. The molecule has 1 aromatic carbocycles. The molecule has 1 aliphatic rings. The van der Waals surface area contributed by atoms with Gasteiger partial charge in [0.05, 0.1) is 32.2 Å². The molecule has 1 saturated heterocycles. The van der Waals surface area contributed by atoms with Crippen molar-refractivity contribution >= 4 is 17.7 Å². The lowest BCUT2D eigenvalue weighted by atomic mass is 10.00. The van der Waals surface area contributed by atoms with Crippen LogP contribution in [0.25, 0.3) is 0 Å². The van der Waals surface area contributed by atoms with Gasteiger partial charge in [-0.15, -0.1) is 0 Å². The van der Waals surface area contributed by atoms with Crippen molar-refractivity contribution < 1.29 is 23.9 Å². The summed E-state index contributed by atoms with van der Waals surface area (Å²) in [6.07, 6.45) is 2.85. The lowest BCUT2D eigenvalue weighted by molar-refractivity contribution is -0.137. The summed E-state index contributed by atoms with van der Waals surface area (Å²) in [5.41, 5.74) is 0.908. The van der Waals surface area contributed by atoms with Gasteiger partial charge in [0, 0.05) is 20.2 Å². The Morgan fingerprint density at radius 2 is 1.97 bits per heavy atom. The van der Waals surface area contributed by atoms with Crippen molar-refractivity contribution in [3.8, 4) is 0 Å². The molecule has 1 aliphatic heterocycles. The van der Waals surface area contributed by atoms with E-state index in [1.807, 2.05) is 30.3 Å². The molecule has 1 aromatic rings. The molecule has 0 radical (unpaired) electrons. The van der Waals surface area contributed by atoms with Crippen molar-refractivity contribution in [2.45, 2.75) is 31.7 Å². The van der Waals surface area contributed by atoms with E-state index in [0.717, 1.165) is 24.8 Å². The highest BCUT2D eigenvalue weighted by molar-refractivity contribution is 5.86. The fourth-order valence-electron chi connectivity index (χ4n) is 3.23. The molecule has 0 aromatic heterocycles. The number of benzene rings is 1. The van der Waals surface area contributed by atoms with Crippen LogP contribution < -0.4 is 10.6 Å². The number of nitrogens with one attached hydrogen (secondary N) is 2. The minimum Gasteiger partial charge on any atom is -0.382 e. The summed E-state index contributed by atoms with van der Waals surface area (Å²) >= 11 is 0. The van der Waals surface area contributed by atoms with E-state index in [1.165, 1.54) is 0 Å². The molecule has 0 bridgehead atoms. The van der Waals surface area contributed by atoms with Crippen LogP contribution in [0.2, 0.25) is 0 Å². The fraction of sp³-hybridized carbons (Fsp3) is 0.571. The van der Waals surface area contributed by atoms with Gasteiger partial charge in [-0.1, -0.05) is 30.3 Å². The highest BCUT2D eigenvalue weighted by Crippen LogP contribution is 2.25. The highest BCUT2D eigenvalue weighted by atomic mass is 16.5. The second-order valence-corrected chi connectivity index (χ2v) is 6.95. The van der Waals surface area contributed by atoms with Gasteiger partial charge in [0.1, 0.15) is 6.61 Å². The van der Waals surface area contributed by atoms with Gasteiger partial charge in [-0.05, 0) is 24.8 Å². The van der Waals surface area contributed by atoms with E-state index in [2.05, 4.69) is 10.6 Å². The molecule has 8 nitrogen and oxygen atoms in total. The molecule has 0 spiro atoms. The molecule has 1 heterocycles. The summed E-state index contributed by atoms with van der Waals surface area (Å²) in [6.45, 7) is 1.67. The number of carbonyl (C=O) groups is 3. The number of nitrogens with zero attached hydrogens (tertiary/aromatic N) is 1. The Morgan fingerprint density at radius 3 is 2.72 bits per heavy atom. The summed E-state index contributed by atoms with van der Waals surface area (Å²) in [4.78, 5) is 38.9. The molecule has 0 saturated carbocycles. The van der Waals surface area contributed by atoms with Crippen LogP contribution in [0.1, 0.15) is 37.3 Å². The number of rotatable bonds is 8. The summed E-state index contributed by atoms with van der Waals surface area (Å²) in [5, 5.41) is 5.53. The summed E-state index contributed by atoms with van der Waals surface area (Å²) in [7, 11) is 1.55. The van der Waals surface area contributed by atoms with Gasteiger partial charge >= 0.3 is 0 Å². The largest absolute Gasteiger partial charge is 0.382 e. The number of hydrogen-bond donors (Lipinski definition) is 2. The predicted octanol–water partition coefficient (Wildman–Crippen LogP) is 1.03. The lowest BCUT2D eigenvalue weighted by Gasteiger charge is -2.33. The smallest absolute Gasteiger partial charge is 0.246 e. The average Bonchev–Trinajstić information content (AvgIpc) is 2.74. The van der Waals surface area contributed by atoms with Crippen LogP contribution in [-0.4, -0.2) is 69.2 Å². The van der Waals surface area contributed by atoms with Crippen molar-refractivity contribution in [2.24, 2.45) is 0 Å². The van der Waals surface area contributed by atoms with E-state index in [9.17, 15) is 14.4 Å². The molecule has 2 rings (SSSR count). The Balaban J connectivity index is 2.03. The van der Waals surface area contributed by atoms with Gasteiger partial charge in [-0.2, -0.15) is 0 Å². The Labute approximate surface area is 171 Å². The normalized spacial score (nSPS) is 18.0. The van der Waals surface area contributed by atoms with Gasteiger partial charge in [0.25, 0.3) is 0 Å². The van der Waals surface area contributed by atoms with Gasteiger partial charge in [-0.25, -0.2) is 0 Å². The quantitative estimate of drug-likeness (QED) is 0.630. The molecular formula is C21H31N3O5. The first-order chi connectivity index (χ1) is 14.1. The number of methoxy groups -OCH3 is 1. The van der Waals surface area contributed by atoms with Crippen LogP contribution in [0.15, 0.2) is 30.3 Å². The number of hydrogen-bond acceptors (Lipinski definition) is 5. The van der Waals surface area contributed by atoms with Crippen molar-refractivity contribution in [3.05, 3.63) is 35.9 Å². The maximum absolute atomic E-state index is 13.0. The first kappa shape index (κ1) is 22.8. The molecule has 1 fully saturated rings. The molecule has 3 amide bonds. The summed E-state index contributed by atoms with van der Waals surface area (Å²) < 4.78 is 10.0. The minimum atomic E-state index is -0.364. The fourth-order valence-corrected chi connectivity index (χ4v) is 3.23. The minimum absolute atomic E-state index is 0.0749. The van der Waals surface area contributed by atoms with Gasteiger partial charge in [-0.3, -0.25) is 14.4 Å². The Morgan fingerprint density at radius 1 is 1.17 bits per heavy atom. The van der Waals surface area contributed by atoms with E-state index < -0.39 is 0 Å². The molecule has 8 heteroatoms. The zero-order valence-electron chi connectivity index (χ0n) is 17.0. The molecule has 0 aliphatic carbocycles. The van der Waals surface area contributed by atoms with Crippen molar-refractivity contribution in [2.75, 3.05) is 46.6 Å². The van der Waals surface area contributed by atoms with Crippen LogP contribution >= 0.6 is 0 Å². The lowest BCUT2D eigenvalue weighted by Crippen LogP contribution is -2.45. The predicted molar refractivity (Wildman–Crippen MR) is 108 cm³/mol. The molecule has 1 atom stereocenters. The monoisotopic (exact) mass is 405 g/mol. The van der Waals surface area contributed by atoms with E-state index in [4.69, 9.17) is 9.47 Å². The van der Waals surface area contributed by atoms with Gasteiger partial charge in [0.2, 0.25) is 17.7 Å². The first-order valence-electron chi connectivity index (χ1n) is 10.1. The summed E-state index contributed by atoms with van der Waals surface area (Å²) in [5.74, 6) is -0.642. The second kappa shape index (κ2) is 12.9. The number of ether oxygens (including phenoxy) is 2. The van der Waals surface area contributed by atoms with E-state index in [0.29, 0.717) is 26.3 Å². The third-order valence-corrected chi connectivity index (χ3v) is 4.76. The second-order valence-electron chi connectivity index (χ2n) is 6.95. The third-order valence-electron chi connectivity index (χ3n) is 4.76. The van der Waals surface area contributed by atoms with Crippen LogP contribution in [-0.2, 0) is 23.9 Å². The van der Waals surface area contributed by atoms with Crippen molar-refractivity contribution in [3.63, 3.8) is 0 Å². The molecule has 2 N–H and O–H groups in total. The SMILES string of the molecule is COCCOCC(=O)NCC(=O)N1CCCCCNC(=O)CC1c1ccccc1. The first-order valence-corrected chi connectivity index (χ1v) is 10.1. The Kier molecular flexibility index (Phi) is 10.2. The van der Waals surface area contributed by atoms with Gasteiger partial charge in [0.15, 0.2) is 0 Å². The third kappa shape index (κ3) is 8.21. The zero-order valence-corrected chi connectivity index (χ0v) is 17.0. The average molecular weight is 405 g/mol. The van der Waals surface area contributed by atoms with Crippen LogP contribution in [0.3, 0.4) is 0 Å². The highest BCUT2D eigenvalue weighted by Gasteiger charge is 2.27. The van der Waals surface area contributed by atoms with Crippen molar-refractivity contribution in [1.29, 1.82) is 0 Å². The van der Waals surface area contributed by atoms with Crippen LogP contribution in [0, 0.1) is 0 Å². The summed E-state index contributed by atoms with van der Waals surface area (Å²) in [6, 6.07) is 9.18.